The molecule has 0 radical (unpaired) electrons. The first-order chi connectivity index (χ1) is 11.0. The van der Waals surface area contributed by atoms with Gasteiger partial charge in [0.25, 0.3) is 0 Å². The average molecular weight is 336 g/mol. The molecular formula is C17H22ClN3O2. The highest BCUT2D eigenvalue weighted by Gasteiger charge is 2.16. The van der Waals surface area contributed by atoms with Gasteiger partial charge < -0.3 is 15.4 Å². The van der Waals surface area contributed by atoms with Gasteiger partial charge in [0.1, 0.15) is 5.69 Å². The standard InChI is InChI=1S/C17H22ClN3O2/c1-11(2)10-19-15-12-6-4-5-7-13(12)20-17(18)16(15)21-14(22)8-9-23-3/h4-7,11H,8-10H2,1-3H3,(H,19,20)(H,21,22). The molecule has 0 unspecified atom stereocenters. The second-order valence-corrected chi connectivity index (χ2v) is 6.09. The monoisotopic (exact) mass is 335 g/mol. The number of benzene rings is 1. The summed E-state index contributed by atoms with van der Waals surface area (Å²) in [7, 11) is 1.56. The molecule has 1 aromatic heterocycles. The number of hydrogen-bond donors (Lipinski definition) is 2. The zero-order valence-electron chi connectivity index (χ0n) is 13.6. The Hall–Kier alpha value is -1.85. The van der Waals surface area contributed by atoms with Crippen LogP contribution in [0.5, 0.6) is 0 Å². The molecule has 1 amide bonds. The summed E-state index contributed by atoms with van der Waals surface area (Å²) < 4.78 is 4.93. The van der Waals surface area contributed by atoms with E-state index in [4.69, 9.17) is 16.3 Å². The number of aromatic nitrogens is 1. The van der Waals surface area contributed by atoms with Crippen molar-refractivity contribution in [3.8, 4) is 0 Å². The van der Waals surface area contributed by atoms with E-state index in [-0.39, 0.29) is 17.5 Å². The molecule has 0 saturated carbocycles. The van der Waals surface area contributed by atoms with Crippen LogP contribution in [0.1, 0.15) is 20.3 Å². The van der Waals surface area contributed by atoms with E-state index >= 15 is 0 Å². The second-order valence-electron chi connectivity index (χ2n) is 5.74. The third kappa shape index (κ3) is 4.56. The minimum Gasteiger partial charge on any atom is -0.384 e. The zero-order valence-corrected chi connectivity index (χ0v) is 14.4. The number of carbonyl (C=O) groups is 1. The van der Waals surface area contributed by atoms with Gasteiger partial charge in [-0.25, -0.2) is 4.98 Å². The maximum Gasteiger partial charge on any atom is 0.226 e. The molecule has 0 spiro atoms. The summed E-state index contributed by atoms with van der Waals surface area (Å²) >= 11 is 6.30. The van der Waals surface area contributed by atoms with E-state index in [1.54, 1.807) is 7.11 Å². The van der Waals surface area contributed by atoms with E-state index in [1.165, 1.54) is 0 Å². The fourth-order valence-corrected chi connectivity index (χ4v) is 2.42. The van der Waals surface area contributed by atoms with Gasteiger partial charge in [0.2, 0.25) is 5.91 Å². The quantitative estimate of drug-likeness (QED) is 0.752. The predicted molar refractivity (Wildman–Crippen MR) is 95.2 cm³/mol. The van der Waals surface area contributed by atoms with Gasteiger partial charge in [-0.15, -0.1) is 0 Å². The molecule has 0 fully saturated rings. The SMILES string of the molecule is COCCC(=O)Nc1c(Cl)nc2ccccc2c1NCC(C)C. The molecule has 2 rings (SSSR count). The van der Waals surface area contributed by atoms with Crippen LogP contribution in [0.4, 0.5) is 11.4 Å². The molecule has 0 atom stereocenters. The highest BCUT2D eigenvalue weighted by Crippen LogP contribution is 2.36. The Balaban J connectivity index is 2.41. The minimum atomic E-state index is -0.154. The number of anilines is 2. The van der Waals surface area contributed by atoms with Crippen molar-refractivity contribution in [3.05, 3.63) is 29.4 Å². The van der Waals surface area contributed by atoms with Gasteiger partial charge in [-0.1, -0.05) is 43.6 Å². The highest BCUT2D eigenvalue weighted by molar-refractivity contribution is 6.34. The van der Waals surface area contributed by atoms with Gasteiger partial charge in [-0.2, -0.15) is 0 Å². The molecule has 0 saturated heterocycles. The van der Waals surface area contributed by atoms with E-state index in [0.29, 0.717) is 18.2 Å². The number of methoxy groups -OCH3 is 1. The van der Waals surface area contributed by atoms with Crippen LogP contribution in [0.2, 0.25) is 5.15 Å². The first-order valence-corrected chi connectivity index (χ1v) is 8.01. The number of ether oxygens (including phenoxy) is 1. The lowest BCUT2D eigenvalue weighted by Crippen LogP contribution is -2.17. The number of hydrogen-bond acceptors (Lipinski definition) is 4. The second kappa shape index (κ2) is 8.13. The number of para-hydroxylation sites is 1. The molecule has 0 aliphatic rings. The summed E-state index contributed by atoms with van der Waals surface area (Å²) in [6.07, 6.45) is 0.267. The lowest BCUT2D eigenvalue weighted by molar-refractivity contribution is -0.117. The summed E-state index contributed by atoms with van der Waals surface area (Å²) in [5.74, 6) is 0.302. The number of halogens is 1. The number of amides is 1. The molecule has 1 aromatic carbocycles. The lowest BCUT2D eigenvalue weighted by atomic mass is 10.1. The first-order valence-electron chi connectivity index (χ1n) is 7.63. The summed E-state index contributed by atoms with van der Waals surface area (Å²) in [6, 6.07) is 7.72. The van der Waals surface area contributed by atoms with E-state index in [2.05, 4.69) is 29.5 Å². The van der Waals surface area contributed by atoms with Crippen LogP contribution in [0, 0.1) is 5.92 Å². The number of rotatable bonds is 7. The molecule has 2 N–H and O–H groups in total. The van der Waals surface area contributed by atoms with Crippen LogP contribution in [0.15, 0.2) is 24.3 Å². The average Bonchev–Trinajstić information content (AvgIpc) is 2.52. The smallest absolute Gasteiger partial charge is 0.226 e. The molecule has 0 aliphatic carbocycles. The van der Waals surface area contributed by atoms with E-state index in [1.807, 2.05) is 24.3 Å². The van der Waals surface area contributed by atoms with Gasteiger partial charge in [-0.3, -0.25) is 4.79 Å². The van der Waals surface area contributed by atoms with E-state index in [9.17, 15) is 4.79 Å². The van der Waals surface area contributed by atoms with Crippen molar-refractivity contribution >= 4 is 39.8 Å². The third-order valence-corrected chi connectivity index (χ3v) is 3.61. The van der Waals surface area contributed by atoms with Gasteiger partial charge in [0, 0.05) is 19.0 Å². The number of nitrogens with zero attached hydrogens (tertiary/aromatic N) is 1. The summed E-state index contributed by atoms with van der Waals surface area (Å²) in [4.78, 5) is 16.4. The van der Waals surface area contributed by atoms with Crippen molar-refractivity contribution in [1.82, 2.24) is 4.98 Å². The normalized spacial score (nSPS) is 11.0. The maximum absolute atomic E-state index is 12.0. The lowest BCUT2D eigenvalue weighted by Gasteiger charge is -2.18. The Morgan fingerprint density at radius 2 is 2.04 bits per heavy atom. The van der Waals surface area contributed by atoms with Crippen LogP contribution in [0.25, 0.3) is 10.9 Å². The minimum absolute atomic E-state index is 0.154. The molecule has 124 valence electrons. The molecule has 0 bridgehead atoms. The van der Waals surface area contributed by atoms with Crippen molar-refractivity contribution in [2.24, 2.45) is 5.92 Å². The maximum atomic E-state index is 12.0. The van der Waals surface area contributed by atoms with Crippen molar-refractivity contribution in [2.45, 2.75) is 20.3 Å². The Morgan fingerprint density at radius 1 is 1.30 bits per heavy atom. The summed E-state index contributed by atoms with van der Waals surface area (Å²) in [6.45, 7) is 5.37. The van der Waals surface area contributed by atoms with Crippen LogP contribution in [-0.4, -0.2) is 31.2 Å². The molecule has 6 heteroatoms. The van der Waals surface area contributed by atoms with Crippen molar-refractivity contribution < 1.29 is 9.53 Å². The van der Waals surface area contributed by atoms with Crippen molar-refractivity contribution in [3.63, 3.8) is 0 Å². The van der Waals surface area contributed by atoms with Crippen LogP contribution in [0.3, 0.4) is 0 Å². The summed E-state index contributed by atoms with van der Waals surface area (Å²) in [5, 5.41) is 7.45. The largest absolute Gasteiger partial charge is 0.384 e. The van der Waals surface area contributed by atoms with Gasteiger partial charge in [0.05, 0.1) is 24.2 Å². The Bertz CT molecular complexity index is 689. The molecule has 0 aliphatic heterocycles. The molecule has 5 nitrogen and oxygen atoms in total. The molecule has 2 aromatic rings. The van der Waals surface area contributed by atoms with E-state index < -0.39 is 0 Å². The van der Waals surface area contributed by atoms with Crippen LogP contribution < -0.4 is 10.6 Å². The van der Waals surface area contributed by atoms with E-state index in [0.717, 1.165) is 23.1 Å². The first kappa shape index (κ1) is 17.5. The van der Waals surface area contributed by atoms with Crippen molar-refractivity contribution in [2.75, 3.05) is 30.9 Å². The summed E-state index contributed by atoms with van der Waals surface area (Å²) in [5.41, 5.74) is 2.12. The number of fused-ring (bicyclic) bond motifs is 1. The highest BCUT2D eigenvalue weighted by atomic mass is 35.5. The molecule has 1 heterocycles. The topological polar surface area (TPSA) is 63.2 Å². The van der Waals surface area contributed by atoms with Gasteiger partial charge >= 0.3 is 0 Å². The van der Waals surface area contributed by atoms with Gasteiger partial charge in [0.15, 0.2) is 5.15 Å². The zero-order chi connectivity index (χ0) is 16.8. The number of carbonyl (C=O) groups excluding carboxylic acids is 1. The van der Waals surface area contributed by atoms with Crippen LogP contribution in [-0.2, 0) is 9.53 Å². The molecular weight excluding hydrogens is 314 g/mol. The van der Waals surface area contributed by atoms with Gasteiger partial charge in [-0.05, 0) is 12.0 Å². The predicted octanol–water partition coefficient (Wildman–Crippen LogP) is 3.93. The fourth-order valence-electron chi connectivity index (χ4n) is 2.18. The number of pyridine rings is 1. The Kier molecular flexibility index (Phi) is 6.19. The third-order valence-electron chi connectivity index (χ3n) is 3.33. The Morgan fingerprint density at radius 3 is 2.74 bits per heavy atom. The number of nitrogens with one attached hydrogen (secondary N) is 2. The van der Waals surface area contributed by atoms with Crippen molar-refractivity contribution in [1.29, 1.82) is 0 Å². The fraction of sp³-hybridized carbons (Fsp3) is 0.412. The Labute approximate surface area is 141 Å². The molecule has 23 heavy (non-hydrogen) atoms. The van der Waals surface area contributed by atoms with Crippen LogP contribution >= 0.6 is 11.6 Å².